The highest BCUT2D eigenvalue weighted by Crippen LogP contribution is 1.96. The zero-order valence-corrected chi connectivity index (χ0v) is 11.9. The number of halogens is 1. The summed E-state index contributed by atoms with van der Waals surface area (Å²) in [5.41, 5.74) is 1.33. The van der Waals surface area contributed by atoms with Crippen LogP contribution < -0.4 is 17.0 Å². The Bertz CT molecular complexity index is 492. The van der Waals surface area contributed by atoms with Crippen LogP contribution in [-0.2, 0) is 6.54 Å². The Balaban J connectivity index is 0.000000243. The normalized spacial score (nSPS) is 8.80. The van der Waals surface area contributed by atoms with Gasteiger partial charge in [-0.1, -0.05) is 42.5 Å². The molecule has 0 atom stereocenters. The monoisotopic (exact) mass is 284 g/mol. The largest absolute Gasteiger partial charge is 1.00 e. The third-order valence-corrected chi connectivity index (χ3v) is 2.55. The van der Waals surface area contributed by atoms with Gasteiger partial charge >= 0.3 is 0 Å². The van der Waals surface area contributed by atoms with Gasteiger partial charge in [0, 0.05) is 30.1 Å². The first-order chi connectivity index (χ1) is 9.45. The van der Waals surface area contributed by atoms with E-state index in [2.05, 4.69) is 46.2 Å². The van der Waals surface area contributed by atoms with Crippen molar-refractivity contribution in [2.75, 3.05) is 0 Å². The lowest BCUT2D eigenvalue weighted by atomic mass is 10.2. The van der Waals surface area contributed by atoms with E-state index in [4.69, 9.17) is 0 Å². The highest BCUT2D eigenvalue weighted by Gasteiger charge is 1.98. The zero-order chi connectivity index (χ0) is 13.2. The van der Waals surface area contributed by atoms with Gasteiger partial charge in [-0.25, -0.2) is 4.57 Å². The van der Waals surface area contributed by atoms with Gasteiger partial charge in [0.2, 0.25) is 0 Å². The molecule has 0 saturated heterocycles. The van der Waals surface area contributed by atoms with Crippen LogP contribution in [0, 0.1) is 0 Å². The van der Waals surface area contributed by atoms with E-state index >= 15 is 0 Å². The molecule has 0 aliphatic carbocycles. The molecular formula is C17H17ClN2. The fourth-order valence-electron chi connectivity index (χ4n) is 1.65. The van der Waals surface area contributed by atoms with Gasteiger partial charge in [0.15, 0.2) is 18.9 Å². The van der Waals surface area contributed by atoms with Crippen LogP contribution in [0.25, 0.3) is 0 Å². The van der Waals surface area contributed by atoms with E-state index in [9.17, 15) is 0 Å². The molecule has 0 bridgehead atoms. The second-order valence-electron chi connectivity index (χ2n) is 4.06. The minimum absolute atomic E-state index is 0. The maximum Gasteiger partial charge on any atom is 0.173 e. The van der Waals surface area contributed by atoms with Gasteiger partial charge in [0.25, 0.3) is 0 Å². The summed E-state index contributed by atoms with van der Waals surface area (Å²) in [6.07, 6.45) is 7.65. The molecule has 2 heterocycles. The molecule has 0 aliphatic heterocycles. The molecule has 3 aromatic rings. The van der Waals surface area contributed by atoms with Gasteiger partial charge in [0.1, 0.15) is 0 Å². The molecule has 0 N–H and O–H groups in total. The number of hydrogen-bond acceptors (Lipinski definition) is 1. The maximum absolute atomic E-state index is 3.78. The van der Waals surface area contributed by atoms with Crippen molar-refractivity contribution in [1.29, 1.82) is 0 Å². The zero-order valence-electron chi connectivity index (χ0n) is 11.1. The van der Waals surface area contributed by atoms with Gasteiger partial charge < -0.3 is 12.4 Å². The Morgan fingerprint density at radius 2 is 1.25 bits per heavy atom. The lowest BCUT2D eigenvalue weighted by molar-refractivity contribution is -0.688. The molecule has 0 aliphatic rings. The van der Waals surface area contributed by atoms with E-state index in [1.54, 1.807) is 12.4 Å². The summed E-state index contributed by atoms with van der Waals surface area (Å²) >= 11 is 0. The molecular weight excluding hydrogens is 268 g/mol. The molecule has 3 rings (SSSR count). The second-order valence-corrected chi connectivity index (χ2v) is 4.06. The van der Waals surface area contributed by atoms with Crippen LogP contribution in [0.1, 0.15) is 5.56 Å². The summed E-state index contributed by atoms with van der Waals surface area (Å²) in [4.78, 5) is 3.78. The molecule has 0 fully saturated rings. The third kappa shape index (κ3) is 6.12. The summed E-state index contributed by atoms with van der Waals surface area (Å²) in [5, 5.41) is 0. The first kappa shape index (κ1) is 15.9. The lowest BCUT2D eigenvalue weighted by Crippen LogP contribution is -3.00. The first-order valence-electron chi connectivity index (χ1n) is 6.28. The maximum atomic E-state index is 3.78. The minimum Gasteiger partial charge on any atom is -1.00 e. The van der Waals surface area contributed by atoms with Gasteiger partial charge in [-0.3, -0.25) is 4.98 Å². The number of rotatable bonds is 2. The molecule has 1 aromatic carbocycles. The molecule has 102 valence electrons. The lowest BCUT2D eigenvalue weighted by Gasteiger charge is -1.95. The van der Waals surface area contributed by atoms with Crippen molar-refractivity contribution in [3.05, 3.63) is 97.1 Å². The van der Waals surface area contributed by atoms with E-state index < -0.39 is 0 Å². The van der Waals surface area contributed by atoms with E-state index in [0.717, 1.165) is 6.54 Å². The summed E-state index contributed by atoms with van der Waals surface area (Å²) < 4.78 is 2.16. The van der Waals surface area contributed by atoms with Crippen molar-refractivity contribution in [3.8, 4) is 0 Å². The van der Waals surface area contributed by atoms with Gasteiger partial charge in [0.05, 0.1) is 0 Å². The van der Waals surface area contributed by atoms with Crippen molar-refractivity contribution in [1.82, 2.24) is 4.98 Å². The van der Waals surface area contributed by atoms with Gasteiger partial charge in [-0.15, -0.1) is 0 Å². The fourth-order valence-corrected chi connectivity index (χ4v) is 1.65. The average molecular weight is 285 g/mol. The molecule has 0 spiro atoms. The Labute approximate surface area is 126 Å². The summed E-state index contributed by atoms with van der Waals surface area (Å²) in [7, 11) is 0. The van der Waals surface area contributed by atoms with Crippen LogP contribution in [-0.4, -0.2) is 4.98 Å². The molecule has 3 heteroatoms. The molecule has 2 nitrogen and oxygen atoms in total. The summed E-state index contributed by atoms with van der Waals surface area (Å²) in [6, 6.07) is 22.3. The number of pyridine rings is 2. The predicted molar refractivity (Wildman–Crippen MR) is 76.4 cm³/mol. The van der Waals surface area contributed by atoms with Crippen LogP contribution in [0.4, 0.5) is 0 Å². The molecule has 20 heavy (non-hydrogen) atoms. The van der Waals surface area contributed by atoms with E-state index in [1.807, 2.05) is 42.5 Å². The highest BCUT2D eigenvalue weighted by atomic mass is 35.5. The van der Waals surface area contributed by atoms with Crippen LogP contribution in [0.3, 0.4) is 0 Å². The quantitative estimate of drug-likeness (QED) is 0.611. The van der Waals surface area contributed by atoms with Crippen molar-refractivity contribution in [2.45, 2.75) is 6.54 Å². The minimum atomic E-state index is 0. The Morgan fingerprint density at radius 1 is 0.700 bits per heavy atom. The van der Waals surface area contributed by atoms with Crippen LogP contribution in [0.5, 0.6) is 0 Å². The third-order valence-electron chi connectivity index (χ3n) is 2.55. The predicted octanol–water partition coefficient (Wildman–Crippen LogP) is 0.108. The van der Waals surface area contributed by atoms with E-state index in [1.165, 1.54) is 5.56 Å². The molecule has 0 radical (unpaired) electrons. The van der Waals surface area contributed by atoms with E-state index in [-0.39, 0.29) is 12.4 Å². The molecule has 0 amide bonds. The molecule has 0 unspecified atom stereocenters. The Kier molecular flexibility index (Phi) is 7.70. The average Bonchev–Trinajstić information content (AvgIpc) is 2.52. The fraction of sp³-hybridized carbons (Fsp3) is 0.0588. The standard InChI is InChI=1S/C12H12N.C5H5N.ClH/c1-3-7-12(8-4-1)11-13-9-5-2-6-10-13;1-2-4-6-5-3-1;/h1-10H,11H2;1-5H;1H/q+1;;/p-1. The van der Waals surface area contributed by atoms with Crippen LogP contribution in [0.2, 0.25) is 0 Å². The molecule has 2 aromatic heterocycles. The van der Waals surface area contributed by atoms with Crippen LogP contribution in [0.15, 0.2) is 91.5 Å². The van der Waals surface area contributed by atoms with E-state index in [0.29, 0.717) is 0 Å². The second kappa shape index (κ2) is 9.70. The smallest absolute Gasteiger partial charge is 0.173 e. The number of hydrogen-bond donors (Lipinski definition) is 0. The van der Waals surface area contributed by atoms with Crippen molar-refractivity contribution in [2.24, 2.45) is 0 Å². The van der Waals surface area contributed by atoms with Gasteiger partial charge in [-0.05, 0) is 12.1 Å². The molecule has 0 saturated carbocycles. The van der Waals surface area contributed by atoms with Crippen molar-refractivity contribution in [3.63, 3.8) is 0 Å². The first-order valence-corrected chi connectivity index (χ1v) is 6.28. The Morgan fingerprint density at radius 3 is 1.75 bits per heavy atom. The van der Waals surface area contributed by atoms with Crippen LogP contribution >= 0.6 is 0 Å². The number of nitrogens with zero attached hydrogens (tertiary/aromatic N) is 2. The number of benzene rings is 1. The Hall–Kier alpha value is -2.19. The van der Waals surface area contributed by atoms with Crippen molar-refractivity contribution >= 4 is 0 Å². The number of aromatic nitrogens is 2. The summed E-state index contributed by atoms with van der Waals surface area (Å²) in [6.45, 7) is 0.946. The topological polar surface area (TPSA) is 16.8 Å². The highest BCUT2D eigenvalue weighted by molar-refractivity contribution is 5.13. The summed E-state index contributed by atoms with van der Waals surface area (Å²) in [5.74, 6) is 0. The van der Waals surface area contributed by atoms with Gasteiger partial charge in [-0.2, -0.15) is 0 Å². The van der Waals surface area contributed by atoms with Crippen molar-refractivity contribution < 1.29 is 17.0 Å². The SMILES string of the molecule is [Cl-].c1ccc(C[n+]2ccccc2)cc1.c1ccncc1.